The Morgan fingerprint density at radius 1 is 1.22 bits per heavy atom. The zero-order valence-corrected chi connectivity index (χ0v) is 13.7. The van der Waals surface area contributed by atoms with E-state index >= 15 is 0 Å². The number of hydrogen-bond acceptors (Lipinski definition) is 4. The van der Waals surface area contributed by atoms with Crippen molar-refractivity contribution in [2.45, 2.75) is 39.2 Å². The van der Waals surface area contributed by atoms with Gasteiger partial charge in [0, 0.05) is 38.5 Å². The summed E-state index contributed by atoms with van der Waals surface area (Å²) in [7, 11) is 1.46. The average molecular weight is 321 g/mol. The highest BCUT2D eigenvalue weighted by atomic mass is 16.5. The lowest BCUT2D eigenvalue weighted by Crippen LogP contribution is -2.41. The quantitative estimate of drug-likeness (QED) is 0.677. The third-order valence-electron chi connectivity index (χ3n) is 3.52. The number of rotatable bonds is 9. The lowest BCUT2D eigenvalue weighted by atomic mass is 9.99. The largest absolute Gasteiger partial charge is 0.480 e. The lowest BCUT2D eigenvalue weighted by molar-refractivity contribution is -0.142. The standard InChI is InChI=1S/C17H23NO5/c1-11-4-5-12(2)13(10-11)15(19)6-7-16(20)18-14(17(21)22)8-9-23-3/h4-5,10,14H,6-9H2,1-3H3,(H,18,20)(H,21,22). The first-order valence-corrected chi connectivity index (χ1v) is 7.46. The molecule has 0 aliphatic heterocycles. The van der Waals surface area contributed by atoms with Crippen molar-refractivity contribution in [3.63, 3.8) is 0 Å². The molecule has 23 heavy (non-hydrogen) atoms. The molecule has 0 fully saturated rings. The van der Waals surface area contributed by atoms with Gasteiger partial charge in [-0.1, -0.05) is 17.7 Å². The number of methoxy groups -OCH3 is 1. The zero-order valence-electron chi connectivity index (χ0n) is 13.7. The molecular formula is C17H23NO5. The second kappa shape index (κ2) is 9.05. The minimum absolute atomic E-state index is 0.0387. The van der Waals surface area contributed by atoms with Crippen LogP contribution in [0.25, 0.3) is 0 Å². The lowest BCUT2D eigenvalue weighted by Gasteiger charge is -2.14. The number of aryl methyl sites for hydroxylation is 2. The molecule has 0 spiro atoms. The van der Waals surface area contributed by atoms with Crippen LogP contribution in [0, 0.1) is 13.8 Å². The SMILES string of the molecule is COCCC(NC(=O)CCC(=O)c1cc(C)ccc1C)C(=O)O. The van der Waals surface area contributed by atoms with Gasteiger partial charge in [-0.3, -0.25) is 9.59 Å². The van der Waals surface area contributed by atoms with Gasteiger partial charge in [0.05, 0.1) is 0 Å². The summed E-state index contributed by atoms with van der Waals surface area (Å²) in [6.45, 7) is 3.98. The summed E-state index contributed by atoms with van der Waals surface area (Å²) in [5, 5.41) is 11.4. The van der Waals surface area contributed by atoms with E-state index < -0.39 is 17.9 Å². The first kappa shape index (κ1) is 18.8. The second-order valence-corrected chi connectivity index (χ2v) is 5.48. The van der Waals surface area contributed by atoms with E-state index in [0.29, 0.717) is 5.56 Å². The van der Waals surface area contributed by atoms with E-state index in [4.69, 9.17) is 9.84 Å². The molecule has 2 N–H and O–H groups in total. The van der Waals surface area contributed by atoms with E-state index in [1.54, 1.807) is 6.07 Å². The molecule has 1 atom stereocenters. The van der Waals surface area contributed by atoms with E-state index in [1.807, 2.05) is 26.0 Å². The van der Waals surface area contributed by atoms with Crippen LogP contribution < -0.4 is 5.32 Å². The number of carbonyl (C=O) groups is 3. The first-order chi connectivity index (χ1) is 10.8. The smallest absolute Gasteiger partial charge is 0.326 e. The van der Waals surface area contributed by atoms with Gasteiger partial charge < -0.3 is 15.2 Å². The van der Waals surface area contributed by atoms with E-state index in [1.165, 1.54) is 7.11 Å². The summed E-state index contributed by atoms with van der Waals surface area (Å²) in [6, 6.07) is 4.59. The summed E-state index contributed by atoms with van der Waals surface area (Å²) in [5.41, 5.74) is 2.45. The molecule has 0 aliphatic rings. The molecule has 0 saturated carbocycles. The summed E-state index contributed by atoms with van der Waals surface area (Å²) < 4.78 is 4.82. The van der Waals surface area contributed by atoms with E-state index in [9.17, 15) is 14.4 Å². The van der Waals surface area contributed by atoms with Crippen LogP contribution in [0.2, 0.25) is 0 Å². The first-order valence-electron chi connectivity index (χ1n) is 7.46. The van der Waals surface area contributed by atoms with E-state index in [0.717, 1.165) is 11.1 Å². The maximum Gasteiger partial charge on any atom is 0.326 e. The molecule has 0 heterocycles. The maximum absolute atomic E-state index is 12.2. The van der Waals surface area contributed by atoms with E-state index in [2.05, 4.69) is 5.32 Å². The minimum Gasteiger partial charge on any atom is -0.480 e. The van der Waals surface area contributed by atoms with Crippen molar-refractivity contribution in [1.82, 2.24) is 5.32 Å². The fourth-order valence-electron chi connectivity index (χ4n) is 2.16. The van der Waals surface area contributed by atoms with Gasteiger partial charge in [0.2, 0.25) is 5.91 Å². The monoisotopic (exact) mass is 321 g/mol. The predicted molar refractivity (Wildman–Crippen MR) is 85.5 cm³/mol. The molecule has 6 nitrogen and oxygen atoms in total. The van der Waals surface area contributed by atoms with Crippen LogP contribution in [-0.4, -0.2) is 42.5 Å². The van der Waals surface area contributed by atoms with Gasteiger partial charge in [0.25, 0.3) is 0 Å². The Hall–Kier alpha value is -2.21. The van der Waals surface area contributed by atoms with Crippen LogP contribution in [0.1, 0.15) is 40.7 Å². The average Bonchev–Trinajstić information content (AvgIpc) is 2.51. The number of hydrogen-bond donors (Lipinski definition) is 2. The zero-order chi connectivity index (χ0) is 17.4. The number of amides is 1. The van der Waals surface area contributed by atoms with Crippen molar-refractivity contribution >= 4 is 17.7 Å². The molecule has 1 amide bonds. The van der Waals surface area contributed by atoms with Crippen molar-refractivity contribution < 1.29 is 24.2 Å². The second-order valence-electron chi connectivity index (χ2n) is 5.48. The molecule has 0 bridgehead atoms. The van der Waals surface area contributed by atoms with Crippen LogP contribution in [0.4, 0.5) is 0 Å². The van der Waals surface area contributed by atoms with Gasteiger partial charge >= 0.3 is 5.97 Å². The number of carboxylic acids is 1. The van der Waals surface area contributed by atoms with Crippen LogP contribution in [-0.2, 0) is 14.3 Å². The summed E-state index contributed by atoms with van der Waals surface area (Å²) >= 11 is 0. The van der Waals surface area contributed by atoms with Crippen molar-refractivity contribution in [3.8, 4) is 0 Å². The number of aliphatic carboxylic acids is 1. The van der Waals surface area contributed by atoms with Crippen molar-refractivity contribution in [1.29, 1.82) is 0 Å². The third-order valence-corrected chi connectivity index (χ3v) is 3.52. The normalized spacial score (nSPS) is 11.8. The molecule has 1 aromatic rings. The molecular weight excluding hydrogens is 298 g/mol. The minimum atomic E-state index is -1.11. The molecule has 0 saturated heterocycles. The third kappa shape index (κ3) is 6.20. The fraction of sp³-hybridized carbons (Fsp3) is 0.471. The number of ether oxygens (including phenoxy) is 1. The summed E-state index contributed by atoms with van der Waals surface area (Å²) in [5.74, 6) is -1.69. The fourth-order valence-corrected chi connectivity index (χ4v) is 2.16. The molecule has 1 unspecified atom stereocenters. The Bertz CT molecular complexity index is 582. The van der Waals surface area contributed by atoms with Gasteiger partial charge in [-0.15, -0.1) is 0 Å². The van der Waals surface area contributed by atoms with Crippen LogP contribution in [0.3, 0.4) is 0 Å². The number of ketones is 1. The van der Waals surface area contributed by atoms with Crippen molar-refractivity contribution in [2.75, 3.05) is 13.7 Å². The maximum atomic E-state index is 12.2. The highest BCUT2D eigenvalue weighted by molar-refractivity contribution is 5.99. The number of carboxylic acid groups (broad SMARTS) is 1. The van der Waals surface area contributed by atoms with Crippen LogP contribution in [0.5, 0.6) is 0 Å². The van der Waals surface area contributed by atoms with Gasteiger partial charge in [-0.05, 0) is 25.5 Å². The number of nitrogens with one attached hydrogen (secondary N) is 1. The van der Waals surface area contributed by atoms with Crippen molar-refractivity contribution in [2.24, 2.45) is 0 Å². The molecule has 1 rings (SSSR count). The van der Waals surface area contributed by atoms with Crippen LogP contribution >= 0.6 is 0 Å². The molecule has 0 radical (unpaired) electrons. The highest BCUT2D eigenvalue weighted by Crippen LogP contribution is 2.14. The summed E-state index contributed by atoms with van der Waals surface area (Å²) in [4.78, 5) is 35.1. The highest BCUT2D eigenvalue weighted by Gasteiger charge is 2.20. The van der Waals surface area contributed by atoms with E-state index in [-0.39, 0.29) is 31.7 Å². The Kier molecular flexibility index (Phi) is 7.41. The number of Topliss-reactive ketones (excluding diaryl/α,β-unsaturated/α-hetero) is 1. The molecule has 6 heteroatoms. The molecule has 1 aromatic carbocycles. The Morgan fingerprint density at radius 2 is 1.91 bits per heavy atom. The Labute approximate surface area is 135 Å². The van der Waals surface area contributed by atoms with Crippen LogP contribution in [0.15, 0.2) is 18.2 Å². The Balaban J connectivity index is 2.56. The topological polar surface area (TPSA) is 92.7 Å². The predicted octanol–water partition coefficient (Wildman–Crippen LogP) is 1.87. The van der Waals surface area contributed by atoms with Gasteiger partial charge in [0.15, 0.2) is 5.78 Å². The Morgan fingerprint density at radius 3 is 2.52 bits per heavy atom. The van der Waals surface area contributed by atoms with Gasteiger partial charge in [-0.2, -0.15) is 0 Å². The molecule has 0 aromatic heterocycles. The molecule has 126 valence electrons. The molecule has 0 aliphatic carbocycles. The van der Waals surface area contributed by atoms with Crippen molar-refractivity contribution in [3.05, 3.63) is 34.9 Å². The summed E-state index contributed by atoms with van der Waals surface area (Å²) in [6.07, 6.45) is 0.193. The van der Waals surface area contributed by atoms with Gasteiger partial charge in [-0.25, -0.2) is 4.79 Å². The number of carbonyl (C=O) groups excluding carboxylic acids is 2. The van der Waals surface area contributed by atoms with Gasteiger partial charge in [0.1, 0.15) is 6.04 Å². The number of benzene rings is 1.